The minimum atomic E-state index is -3.62. The van der Waals surface area contributed by atoms with Gasteiger partial charge in [-0.15, -0.1) is 11.3 Å². The Kier molecular flexibility index (Phi) is 8.05. The molecular weight excluding hydrogens is 498 g/mol. The summed E-state index contributed by atoms with van der Waals surface area (Å²) in [6.45, 7) is 2.37. The molecule has 3 heterocycles. The normalized spacial score (nSPS) is 18.9. The van der Waals surface area contributed by atoms with Crippen LogP contribution >= 0.6 is 11.3 Å². The number of carbonyl (C=O) groups is 1. The second kappa shape index (κ2) is 10.8. The van der Waals surface area contributed by atoms with Gasteiger partial charge in [-0.2, -0.15) is 8.61 Å². The van der Waals surface area contributed by atoms with Crippen molar-refractivity contribution in [3.8, 4) is 0 Å². The summed E-state index contributed by atoms with van der Waals surface area (Å²) in [4.78, 5) is 13.4. The molecule has 1 aromatic carbocycles. The maximum atomic E-state index is 13.0. The number of anilines is 1. The highest BCUT2D eigenvalue weighted by molar-refractivity contribution is 7.91. The summed E-state index contributed by atoms with van der Waals surface area (Å²) in [6, 6.07) is 9.42. The Morgan fingerprint density at radius 3 is 2.26 bits per heavy atom. The van der Waals surface area contributed by atoms with Crippen molar-refractivity contribution < 1.29 is 26.4 Å². The van der Waals surface area contributed by atoms with Crippen molar-refractivity contribution in [1.29, 1.82) is 0 Å². The Morgan fingerprint density at radius 2 is 1.56 bits per heavy atom. The number of benzene rings is 1. The largest absolute Gasteiger partial charge is 0.379 e. The van der Waals surface area contributed by atoms with Gasteiger partial charge in [0, 0.05) is 36.7 Å². The minimum Gasteiger partial charge on any atom is -0.379 e. The van der Waals surface area contributed by atoms with Crippen LogP contribution in [0.25, 0.3) is 0 Å². The molecule has 2 aliphatic heterocycles. The van der Waals surface area contributed by atoms with Crippen LogP contribution in [0.1, 0.15) is 30.6 Å². The second-order valence-corrected chi connectivity index (χ2v) is 13.6. The van der Waals surface area contributed by atoms with Crippen molar-refractivity contribution in [2.45, 2.75) is 41.2 Å². The third-order valence-electron chi connectivity index (χ3n) is 5.86. The van der Waals surface area contributed by atoms with E-state index in [1.807, 2.05) is 0 Å². The van der Waals surface area contributed by atoms with Gasteiger partial charge in [-0.3, -0.25) is 4.79 Å². The summed E-state index contributed by atoms with van der Waals surface area (Å²) in [5, 5.41) is 2.74. The number of thiophene rings is 1. The van der Waals surface area contributed by atoms with Crippen LogP contribution < -0.4 is 5.32 Å². The fourth-order valence-electron chi connectivity index (χ4n) is 4.03. The van der Waals surface area contributed by atoms with Crippen LogP contribution in [-0.2, 0) is 36.0 Å². The first-order chi connectivity index (χ1) is 16.3. The van der Waals surface area contributed by atoms with Gasteiger partial charge in [-0.25, -0.2) is 16.8 Å². The van der Waals surface area contributed by atoms with Gasteiger partial charge in [-0.1, -0.05) is 18.9 Å². The second-order valence-electron chi connectivity index (χ2n) is 8.31. The van der Waals surface area contributed by atoms with E-state index in [1.165, 1.54) is 26.8 Å². The highest BCUT2D eigenvalue weighted by Crippen LogP contribution is 2.27. The standard InChI is InChI=1S/C22H29N3O6S3/c26-21(17-19-8-9-22(32-19)34(29,30)25-12-14-31-15-13-25)23-18-6-5-7-20(16-18)33(27,28)24-10-3-1-2-4-11-24/h5-9,16H,1-4,10-15,17H2,(H,23,26). The lowest BCUT2D eigenvalue weighted by molar-refractivity contribution is -0.115. The molecule has 0 atom stereocenters. The summed E-state index contributed by atoms with van der Waals surface area (Å²) >= 11 is 1.07. The van der Waals surface area contributed by atoms with Crippen molar-refractivity contribution in [3.63, 3.8) is 0 Å². The van der Waals surface area contributed by atoms with Gasteiger partial charge in [0.15, 0.2) is 0 Å². The Balaban J connectivity index is 1.41. The number of nitrogens with one attached hydrogen (secondary N) is 1. The molecule has 0 unspecified atom stereocenters. The zero-order valence-corrected chi connectivity index (χ0v) is 21.3. The third kappa shape index (κ3) is 5.86. The Morgan fingerprint density at radius 1 is 0.882 bits per heavy atom. The number of rotatable bonds is 7. The van der Waals surface area contributed by atoms with Gasteiger partial charge in [0.2, 0.25) is 15.9 Å². The molecule has 0 saturated carbocycles. The van der Waals surface area contributed by atoms with Crippen molar-refractivity contribution >= 4 is 43.0 Å². The third-order valence-corrected chi connectivity index (χ3v) is 11.2. The van der Waals surface area contributed by atoms with E-state index in [4.69, 9.17) is 4.74 Å². The van der Waals surface area contributed by atoms with Gasteiger partial charge >= 0.3 is 0 Å². The molecule has 9 nitrogen and oxygen atoms in total. The van der Waals surface area contributed by atoms with Crippen molar-refractivity contribution in [2.24, 2.45) is 0 Å². The van der Waals surface area contributed by atoms with E-state index in [0.29, 0.717) is 50.0 Å². The quantitative estimate of drug-likeness (QED) is 0.592. The smallest absolute Gasteiger partial charge is 0.252 e. The van der Waals surface area contributed by atoms with Gasteiger partial charge < -0.3 is 10.1 Å². The average Bonchev–Trinajstić information content (AvgIpc) is 3.12. The summed E-state index contributed by atoms with van der Waals surface area (Å²) in [5.41, 5.74) is 0.388. The van der Waals surface area contributed by atoms with Crippen LogP contribution in [0.3, 0.4) is 0 Å². The number of sulfonamides is 2. The predicted molar refractivity (Wildman–Crippen MR) is 130 cm³/mol. The van der Waals surface area contributed by atoms with Gasteiger partial charge in [0.05, 0.1) is 24.5 Å². The van der Waals surface area contributed by atoms with Crippen molar-refractivity contribution in [3.05, 3.63) is 41.3 Å². The van der Waals surface area contributed by atoms with Gasteiger partial charge in [0.1, 0.15) is 4.21 Å². The molecule has 12 heteroatoms. The molecular formula is C22H29N3O6S3. The highest BCUT2D eigenvalue weighted by Gasteiger charge is 2.28. The molecule has 1 amide bonds. The zero-order valence-electron chi connectivity index (χ0n) is 18.8. The number of amides is 1. The minimum absolute atomic E-state index is 0.00754. The first-order valence-corrected chi connectivity index (χ1v) is 15.0. The summed E-state index contributed by atoms with van der Waals surface area (Å²) in [5.74, 6) is -0.346. The Hall–Kier alpha value is -1.83. The van der Waals surface area contributed by atoms with E-state index in [9.17, 15) is 21.6 Å². The van der Waals surface area contributed by atoms with Crippen LogP contribution in [-0.4, -0.2) is 70.7 Å². The Labute approximate surface area is 204 Å². The van der Waals surface area contributed by atoms with E-state index in [0.717, 1.165) is 37.0 Å². The highest BCUT2D eigenvalue weighted by atomic mass is 32.2. The molecule has 0 spiro atoms. The fourth-order valence-corrected chi connectivity index (χ4v) is 8.52. The first kappa shape index (κ1) is 25.3. The lowest BCUT2D eigenvalue weighted by atomic mass is 10.2. The molecule has 2 saturated heterocycles. The van der Waals surface area contributed by atoms with Crippen LogP contribution in [0.4, 0.5) is 5.69 Å². The SMILES string of the molecule is O=C(Cc1ccc(S(=O)(=O)N2CCOCC2)s1)Nc1cccc(S(=O)(=O)N2CCCCCC2)c1. The first-order valence-electron chi connectivity index (χ1n) is 11.3. The van der Waals surface area contributed by atoms with Crippen molar-refractivity contribution in [1.82, 2.24) is 8.61 Å². The molecule has 2 aliphatic rings. The van der Waals surface area contributed by atoms with E-state index in [-0.39, 0.29) is 21.4 Å². The van der Waals surface area contributed by atoms with E-state index in [1.54, 1.807) is 18.2 Å². The molecule has 186 valence electrons. The summed E-state index contributed by atoms with van der Waals surface area (Å²) < 4.78 is 60.0. The van der Waals surface area contributed by atoms with Crippen LogP contribution in [0, 0.1) is 0 Å². The maximum Gasteiger partial charge on any atom is 0.252 e. The van der Waals surface area contributed by atoms with E-state index >= 15 is 0 Å². The van der Waals surface area contributed by atoms with E-state index < -0.39 is 20.0 Å². The van der Waals surface area contributed by atoms with Gasteiger partial charge in [0.25, 0.3) is 10.0 Å². The number of ether oxygens (including phenoxy) is 1. The zero-order chi connectivity index (χ0) is 24.2. The van der Waals surface area contributed by atoms with Gasteiger partial charge in [-0.05, 0) is 43.2 Å². The topological polar surface area (TPSA) is 113 Å². The molecule has 0 bridgehead atoms. The molecule has 0 radical (unpaired) electrons. The van der Waals surface area contributed by atoms with Crippen LogP contribution in [0.2, 0.25) is 0 Å². The van der Waals surface area contributed by atoms with Crippen LogP contribution in [0.5, 0.6) is 0 Å². The fraction of sp³-hybridized carbons (Fsp3) is 0.500. The molecule has 2 fully saturated rings. The molecule has 4 rings (SSSR count). The maximum absolute atomic E-state index is 13.0. The van der Waals surface area contributed by atoms with Crippen molar-refractivity contribution in [2.75, 3.05) is 44.7 Å². The Bertz CT molecular complexity index is 1210. The number of carbonyl (C=O) groups excluding carboxylic acids is 1. The molecule has 2 aromatic rings. The summed E-state index contributed by atoms with van der Waals surface area (Å²) in [6.07, 6.45) is 3.74. The lowest BCUT2D eigenvalue weighted by Gasteiger charge is -2.25. The lowest BCUT2D eigenvalue weighted by Crippen LogP contribution is -2.40. The van der Waals surface area contributed by atoms with E-state index in [2.05, 4.69) is 5.32 Å². The predicted octanol–water partition coefficient (Wildman–Crippen LogP) is 2.51. The molecule has 1 aromatic heterocycles. The monoisotopic (exact) mass is 527 g/mol. The summed E-state index contributed by atoms with van der Waals surface area (Å²) in [7, 11) is -7.22. The molecule has 1 N–H and O–H groups in total. The average molecular weight is 528 g/mol. The molecule has 34 heavy (non-hydrogen) atoms. The number of nitrogens with zero attached hydrogens (tertiary/aromatic N) is 2. The number of hydrogen-bond donors (Lipinski definition) is 1. The number of hydrogen-bond acceptors (Lipinski definition) is 7. The molecule has 0 aliphatic carbocycles. The van der Waals surface area contributed by atoms with Crippen LogP contribution in [0.15, 0.2) is 45.5 Å². The number of morpholine rings is 1.